The molecule has 6 aromatic rings. The van der Waals surface area contributed by atoms with Gasteiger partial charge in [-0.05, 0) is 86.8 Å². The van der Waals surface area contributed by atoms with Gasteiger partial charge in [0, 0.05) is 32.5 Å². The van der Waals surface area contributed by atoms with E-state index >= 15 is 0 Å². The Kier molecular flexibility index (Phi) is 4.58. The lowest BCUT2D eigenvalue weighted by atomic mass is 9.33. The molecule has 2 radical (unpaired) electrons. The zero-order valence-corrected chi connectivity index (χ0v) is 24.7. The highest BCUT2D eigenvalue weighted by Gasteiger charge is 2.47. The van der Waals surface area contributed by atoms with Crippen molar-refractivity contribution in [3.05, 3.63) is 127 Å². The maximum atomic E-state index is 2.59. The van der Waals surface area contributed by atoms with Gasteiger partial charge in [0.15, 0.2) is 0 Å². The van der Waals surface area contributed by atoms with Gasteiger partial charge in [0.1, 0.15) is 9.52 Å². The maximum absolute atomic E-state index is 2.59. The first-order chi connectivity index (χ1) is 20.8. The lowest BCUT2D eigenvalue weighted by Crippen LogP contribution is -2.64. The summed E-state index contributed by atoms with van der Waals surface area (Å²) < 4.78 is 0. The van der Waals surface area contributed by atoms with Crippen molar-refractivity contribution < 1.29 is 0 Å². The molecule has 0 N–H and O–H groups in total. The van der Waals surface area contributed by atoms with Crippen LogP contribution >= 0.6 is 11.8 Å². The second-order valence-corrected chi connectivity index (χ2v) is 13.9. The summed E-state index contributed by atoms with van der Waals surface area (Å²) >= 11 is 1.90. The van der Waals surface area contributed by atoms with E-state index in [-0.39, 0.29) is 6.71 Å². The highest BCUT2D eigenvalue weighted by atomic mass is 32.2. The molecule has 6 aromatic carbocycles. The summed E-state index contributed by atoms with van der Waals surface area (Å²) in [7, 11) is 0.651. The summed E-state index contributed by atoms with van der Waals surface area (Å²) in [6.07, 6.45) is 0. The summed E-state index contributed by atoms with van der Waals surface area (Å²) in [6, 6.07) is 45.6. The van der Waals surface area contributed by atoms with E-state index in [1.54, 1.807) is 0 Å². The predicted octanol–water partition coefficient (Wildman–Crippen LogP) is 6.18. The van der Waals surface area contributed by atoms with Crippen molar-refractivity contribution in [2.45, 2.75) is 16.7 Å². The number of hydrogen-bond acceptors (Lipinski definition) is 3. The molecule has 10 rings (SSSR count). The largest absolute Gasteiger partial charge is 0.312 e. The Hall–Kier alpha value is -4.45. The Balaban J connectivity index is 1.38. The number of aryl methyl sites for hydroxylation is 1. The Morgan fingerprint density at radius 3 is 2.07 bits per heavy atom. The molecule has 5 heteroatoms. The lowest BCUT2D eigenvalue weighted by Gasteiger charge is -2.48. The van der Waals surface area contributed by atoms with Crippen molar-refractivity contribution in [1.29, 1.82) is 0 Å². The fourth-order valence-electron chi connectivity index (χ4n) is 7.57. The Morgan fingerprint density at radius 1 is 0.571 bits per heavy atom. The average molecular weight is 567 g/mol. The number of anilines is 6. The molecule has 0 atom stereocenters. The Morgan fingerprint density at radius 2 is 1.21 bits per heavy atom. The van der Waals surface area contributed by atoms with E-state index in [1.165, 1.54) is 87.4 Å². The molecular weight excluding hydrogens is 543 g/mol. The van der Waals surface area contributed by atoms with Crippen LogP contribution in [0.1, 0.15) is 5.56 Å². The molecule has 0 bridgehead atoms. The van der Waals surface area contributed by atoms with Gasteiger partial charge in [-0.15, -0.1) is 0 Å². The molecule has 0 spiro atoms. The zero-order valence-electron chi connectivity index (χ0n) is 22.9. The fourth-order valence-corrected chi connectivity index (χ4v) is 10.0. The predicted molar refractivity (Wildman–Crippen MR) is 180 cm³/mol. The summed E-state index contributed by atoms with van der Waals surface area (Å²) in [5, 5.41) is 2.85. The molecule has 0 amide bonds. The van der Waals surface area contributed by atoms with Gasteiger partial charge in [0.05, 0.1) is 11.4 Å². The smallest absolute Gasteiger partial charge is 0.252 e. The molecule has 0 aliphatic carbocycles. The Bertz CT molecular complexity index is 2030. The van der Waals surface area contributed by atoms with E-state index in [0.29, 0.717) is 9.52 Å². The van der Waals surface area contributed by atoms with Crippen molar-refractivity contribution in [3.63, 3.8) is 0 Å². The van der Waals surface area contributed by atoms with Crippen LogP contribution in [-0.4, -0.2) is 16.2 Å². The van der Waals surface area contributed by atoms with E-state index < -0.39 is 0 Å². The summed E-state index contributed by atoms with van der Waals surface area (Å²) in [5.41, 5.74) is 16.0. The first-order valence-corrected chi connectivity index (χ1v) is 16.3. The summed E-state index contributed by atoms with van der Waals surface area (Å²) in [6.45, 7) is 2.41. The standard InChI is InChI=1S/C37H23BN2SSi/c1-22-10-2-3-11-24(22)23-20-29-35-30(21-23)40-28-15-5-7-18-33(28)42-34-19-9-13-26(37(34)40)38(35)25-12-8-17-32-36(25)39(29)27-14-4-6-16-31(27)41-32/h2-21H,1H3. The van der Waals surface area contributed by atoms with Crippen LogP contribution in [0.15, 0.2) is 131 Å². The molecule has 4 aliphatic rings. The van der Waals surface area contributed by atoms with E-state index in [2.05, 4.69) is 138 Å². The lowest BCUT2D eigenvalue weighted by molar-refractivity contribution is 1.17. The monoisotopic (exact) mass is 566 g/mol. The Labute approximate surface area is 252 Å². The van der Waals surface area contributed by atoms with Gasteiger partial charge in [-0.3, -0.25) is 0 Å². The third-order valence-corrected chi connectivity index (χ3v) is 11.7. The number of rotatable bonds is 1. The van der Waals surface area contributed by atoms with Gasteiger partial charge in [0.25, 0.3) is 6.71 Å². The average Bonchev–Trinajstić information content (AvgIpc) is 3.03. The zero-order chi connectivity index (χ0) is 27.5. The molecule has 0 fully saturated rings. The molecule has 194 valence electrons. The van der Waals surface area contributed by atoms with Crippen molar-refractivity contribution >= 4 is 88.9 Å². The summed E-state index contributed by atoms with van der Waals surface area (Å²) in [5.74, 6) is 0. The number of para-hydroxylation sites is 4. The normalized spacial score (nSPS) is 14.5. The number of hydrogen-bond donors (Lipinski definition) is 0. The van der Waals surface area contributed by atoms with Crippen LogP contribution in [0.4, 0.5) is 34.1 Å². The third kappa shape index (κ3) is 2.92. The van der Waals surface area contributed by atoms with Gasteiger partial charge in [-0.2, -0.15) is 0 Å². The molecule has 0 saturated heterocycles. The highest BCUT2D eigenvalue weighted by molar-refractivity contribution is 7.99. The second kappa shape index (κ2) is 8.31. The van der Waals surface area contributed by atoms with Crippen LogP contribution in [0.5, 0.6) is 0 Å². The van der Waals surface area contributed by atoms with E-state index in [9.17, 15) is 0 Å². The second-order valence-electron chi connectivity index (χ2n) is 11.5. The van der Waals surface area contributed by atoms with Crippen molar-refractivity contribution in [2.24, 2.45) is 0 Å². The minimum absolute atomic E-state index is 0.180. The van der Waals surface area contributed by atoms with E-state index in [4.69, 9.17) is 0 Å². The van der Waals surface area contributed by atoms with Crippen molar-refractivity contribution in [3.8, 4) is 11.1 Å². The third-order valence-electron chi connectivity index (χ3n) is 9.27. The number of benzene rings is 6. The molecule has 0 unspecified atom stereocenters. The first-order valence-electron chi connectivity index (χ1n) is 14.5. The minimum atomic E-state index is 0.180. The van der Waals surface area contributed by atoms with Crippen LogP contribution in [0.25, 0.3) is 11.1 Å². The number of nitrogens with zero attached hydrogens (tertiary/aromatic N) is 2. The quantitative estimate of drug-likeness (QED) is 0.219. The van der Waals surface area contributed by atoms with Crippen LogP contribution in [0.3, 0.4) is 0 Å². The minimum Gasteiger partial charge on any atom is -0.312 e. The molecule has 0 aromatic heterocycles. The van der Waals surface area contributed by atoms with Gasteiger partial charge in [-0.1, -0.05) is 96.7 Å². The van der Waals surface area contributed by atoms with Crippen LogP contribution in [0.2, 0.25) is 0 Å². The van der Waals surface area contributed by atoms with Crippen LogP contribution in [0, 0.1) is 6.92 Å². The molecular formula is C37H23BN2SSi. The molecule has 0 saturated carbocycles. The van der Waals surface area contributed by atoms with Gasteiger partial charge >= 0.3 is 0 Å². The summed E-state index contributed by atoms with van der Waals surface area (Å²) in [4.78, 5) is 7.80. The molecule has 42 heavy (non-hydrogen) atoms. The molecule has 2 nitrogen and oxygen atoms in total. The van der Waals surface area contributed by atoms with Crippen LogP contribution < -0.4 is 36.6 Å². The number of fused-ring (bicyclic) bond motifs is 8. The SMILES string of the molecule is Cc1ccccc1-c1cc2c3c(c1)N1c4ccccc4Sc4cccc(c41)B3c1cccc3c1N2c1ccccc1[Si]3. The van der Waals surface area contributed by atoms with Gasteiger partial charge in [-0.25, -0.2) is 0 Å². The van der Waals surface area contributed by atoms with E-state index in [1.807, 2.05) is 11.8 Å². The maximum Gasteiger partial charge on any atom is 0.252 e. The van der Waals surface area contributed by atoms with E-state index in [0.717, 1.165) is 0 Å². The van der Waals surface area contributed by atoms with Crippen LogP contribution in [-0.2, 0) is 0 Å². The highest BCUT2D eigenvalue weighted by Crippen LogP contribution is 2.54. The van der Waals surface area contributed by atoms with Crippen molar-refractivity contribution in [2.75, 3.05) is 9.80 Å². The van der Waals surface area contributed by atoms with Gasteiger partial charge in [0.2, 0.25) is 0 Å². The fraction of sp³-hybridized carbons (Fsp3) is 0.0270. The first kappa shape index (κ1) is 23.2. The topological polar surface area (TPSA) is 6.48 Å². The van der Waals surface area contributed by atoms with Crippen molar-refractivity contribution in [1.82, 2.24) is 0 Å². The molecule has 4 heterocycles. The van der Waals surface area contributed by atoms with Gasteiger partial charge < -0.3 is 9.80 Å². The molecule has 4 aliphatic heterocycles.